The fourth-order valence-electron chi connectivity index (χ4n) is 3.87. The number of benzene rings is 1. The number of sulfonamides is 1. The Morgan fingerprint density at radius 1 is 1.20 bits per heavy atom. The van der Waals surface area contributed by atoms with E-state index in [4.69, 9.17) is 24.6 Å². The number of aromatic nitrogens is 4. The van der Waals surface area contributed by atoms with Crippen LogP contribution in [0.25, 0.3) is 22.5 Å². The van der Waals surface area contributed by atoms with Crippen molar-refractivity contribution in [3.63, 3.8) is 0 Å². The molecule has 1 fully saturated rings. The van der Waals surface area contributed by atoms with E-state index < -0.39 is 10.0 Å². The number of nitrogens with zero attached hydrogens (tertiary/aromatic N) is 4. The van der Waals surface area contributed by atoms with Gasteiger partial charge in [-0.25, -0.2) is 28.1 Å². The minimum atomic E-state index is -3.34. The topological polar surface area (TPSA) is 147 Å². The second-order valence-corrected chi connectivity index (χ2v) is 11.2. The second-order valence-electron chi connectivity index (χ2n) is 8.32. The predicted molar refractivity (Wildman–Crippen MR) is 129 cm³/mol. The molecule has 1 aliphatic heterocycles. The molecule has 6 rings (SSSR count). The number of ether oxygens (including phenoxy) is 2. The molecular weight excluding hydrogens is 492 g/mol. The van der Waals surface area contributed by atoms with Gasteiger partial charge in [0.15, 0.2) is 33.6 Å². The van der Waals surface area contributed by atoms with Gasteiger partial charge < -0.3 is 24.2 Å². The molecule has 35 heavy (non-hydrogen) atoms. The summed E-state index contributed by atoms with van der Waals surface area (Å²) >= 11 is 1.39. The summed E-state index contributed by atoms with van der Waals surface area (Å²) in [5.74, 6) is 2.20. The summed E-state index contributed by atoms with van der Waals surface area (Å²) in [5.41, 5.74) is 7.91. The van der Waals surface area contributed by atoms with Crippen LogP contribution in [-0.4, -0.2) is 46.5 Å². The molecule has 4 aromatic rings. The molecule has 0 amide bonds. The van der Waals surface area contributed by atoms with Crippen LogP contribution in [0.5, 0.6) is 11.5 Å². The van der Waals surface area contributed by atoms with Crippen molar-refractivity contribution in [3.8, 4) is 22.8 Å². The van der Waals surface area contributed by atoms with E-state index in [2.05, 4.69) is 14.7 Å². The fourth-order valence-corrected chi connectivity index (χ4v) is 6.30. The number of furan rings is 1. The zero-order valence-electron chi connectivity index (χ0n) is 18.5. The molecule has 13 heteroatoms. The van der Waals surface area contributed by atoms with Gasteiger partial charge >= 0.3 is 0 Å². The average molecular weight is 515 g/mol. The van der Waals surface area contributed by atoms with Crippen molar-refractivity contribution in [1.82, 2.24) is 24.2 Å². The number of nitrogen functional groups attached to an aromatic ring is 1. The first kappa shape index (κ1) is 22.2. The van der Waals surface area contributed by atoms with Crippen LogP contribution in [0.1, 0.15) is 19.3 Å². The zero-order chi connectivity index (χ0) is 24.0. The number of rotatable bonds is 9. The maximum absolute atomic E-state index is 12.4. The quantitative estimate of drug-likeness (QED) is 0.341. The summed E-state index contributed by atoms with van der Waals surface area (Å²) in [6.45, 7) is 0.538. The number of anilines is 1. The molecule has 0 spiro atoms. The Kier molecular flexibility index (Phi) is 5.54. The van der Waals surface area contributed by atoms with Crippen LogP contribution >= 0.6 is 11.8 Å². The van der Waals surface area contributed by atoms with Crippen LogP contribution in [0.15, 0.2) is 51.3 Å². The van der Waals surface area contributed by atoms with Gasteiger partial charge in [0.25, 0.3) is 0 Å². The molecular formula is C22H22N6O5S2. The summed E-state index contributed by atoms with van der Waals surface area (Å²) in [4.78, 5) is 14.0. The van der Waals surface area contributed by atoms with Crippen molar-refractivity contribution in [2.45, 2.75) is 41.9 Å². The third-order valence-corrected chi connectivity index (χ3v) is 8.28. The highest BCUT2D eigenvalue weighted by Crippen LogP contribution is 2.45. The third kappa shape index (κ3) is 4.54. The summed E-state index contributed by atoms with van der Waals surface area (Å²) in [6, 6.07) is 7.52. The van der Waals surface area contributed by atoms with Crippen LogP contribution in [-0.2, 0) is 16.6 Å². The van der Waals surface area contributed by atoms with E-state index in [1.807, 2.05) is 28.8 Å². The molecule has 182 valence electrons. The van der Waals surface area contributed by atoms with Crippen LogP contribution in [0.4, 0.5) is 5.82 Å². The summed E-state index contributed by atoms with van der Waals surface area (Å²) in [6.07, 6.45) is 5.17. The van der Waals surface area contributed by atoms with Crippen molar-refractivity contribution in [2.75, 3.05) is 18.3 Å². The van der Waals surface area contributed by atoms with E-state index in [0.717, 1.165) is 23.3 Å². The van der Waals surface area contributed by atoms with Crippen molar-refractivity contribution >= 4 is 38.8 Å². The van der Waals surface area contributed by atoms with Crippen molar-refractivity contribution in [3.05, 3.63) is 36.9 Å². The second kappa shape index (κ2) is 8.73. The van der Waals surface area contributed by atoms with Crippen molar-refractivity contribution in [2.24, 2.45) is 0 Å². The smallest absolute Gasteiger partial charge is 0.231 e. The lowest BCUT2D eigenvalue weighted by molar-refractivity contribution is 0.174. The van der Waals surface area contributed by atoms with Crippen LogP contribution < -0.4 is 19.9 Å². The Balaban J connectivity index is 1.35. The van der Waals surface area contributed by atoms with E-state index in [1.54, 1.807) is 6.26 Å². The predicted octanol–water partition coefficient (Wildman–Crippen LogP) is 3.02. The maximum Gasteiger partial charge on any atom is 0.231 e. The van der Waals surface area contributed by atoms with Crippen molar-refractivity contribution < 1.29 is 22.3 Å². The highest BCUT2D eigenvalue weighted by atomic mass is 32.2. The molecule has 0 unspecified atom stereocenters. The van der Waals surface area contributed by atoms with Crippen LogP contribution in [0.3, 0.4) is 0 Å². The maximum atomic E-state index is 12.4. The number of nitrogens with two attached hydrogens (primary N) is 1. The first-order valence-corrected chi connectivity index (χ1v) is 13.6. The highest BCUT2D eigenvalue weighted by Gasteiger charge is 2.27. The molecule has 2 aliphatic rings. The fraction of sp³-hybridized carbons (Fsp3) is 0.318. The molecule has 3 N–H and O–H groups in total. The van der Waals surface area contributed by atoms with Crippen LogP contribution in [0.2, 0.25) is 0 Å². The largest absolute Gasteiger partial charge is 0.464 e. The Labute approximate surface area is 205 Å². The Morgan fingerprint density at radius 3 is 2.80 bits per heavy atom. The number of aryl methyl sites for hydroxylation is 1. The van der Waals surface area contributed by atoms with Gasteiger partial charge in [0.2, 0.25) is 16.8 Å². The summed E-state index contributed by atoms with van der Waals surface area (Å²) in [5, 5.41) is 0.603. The average Bonchev–Trinajstić information content (AvgIpc) is 3.20. The van der Waals surface area contributed by atoms with E-state index in [1.165, 1.54) is 18.1 Å². The van der Waals surface area contributed by atoms with E-state index in [9.17, 15) is 8.42 Å². The van der Waals surface area contributed by atoms with Gasteiger partial charge in [-0.1, -0.05) is 11.8 Å². The molecule has 0 bridgehead atoms. The number of hydrogen-bond donors (Lipinski definition) is 2. The van der Waals surface area contributed by atoms with Gasteiger partial charge in [-0.05, 0) is 43.5 Å². The lowest BCUT2D eigenvalue weighted by Crippen LogP contribution is -2.28. The molecule has 0 saturated heterocycles. The van der Waals surface area contributed by atoms with E-state index >= 15 is 0 Å². The first-order valence-electron chi connectivity index (χ1n) is 11.1. The van der Waals surface area contributed by atoms with Crippen molar-refractivity contribution in [1.29, 1.82) is 0 Å². The van der Waals surface area contributed by atoms with Gasteiger partial charge in [0.1, 0.15) is 12.1 Å². The number of hydrogen-bond acceptors (Lipinski definition) is 10. The lowest BCUT2D eigenvalue weighted by atomic mass is 10.1. The molecule has 1 saturated carbocycles. The number of nitrogens with one attached hydrogen (secondary N) is 1. The van der Waals surface area contributed by atoms with E-state index in [-0.39, 0.29) is 24.4 Å². The molecule has 3 aromatic heterocycles. The molecule has 4 heterocycles. The molecule has 1 aromatic carbocycles. The van der Waals surface area contributed by atoms with Gasteiger partial charge in [-0.15, -0.1) is 0 Å². The monoisotopic (exact) mass is 514 g/mol. The Bertz CT molecular complexity index is 1500. The Hall–Kier alpha value is -3.29. The first-order chi connectivity index (χ1) is 17.0. The Morgan fingerprint density at radius 2 is 2.03 bits per heavy atom. The minimum absolute atomic E-state index is 0.00944. The van der Waals surface area contributed by atoms with E-state index in [0.29, 0.717) is 46.5 Å². The summed E-state index contributed by atoms with van der Waals surface area (Å²) in [7, 11) is -3.34. The van der Waals surface area contributed by atoms with Gasteiger partial charge in [-0.2, -0.15) is 0 Å². The minimum Gasteiger partial charge on any atom is -0.464 e. The standard InChI is InChI=1S/C22H22N6O5S2/c23-20-19-21(25-11-24-20)28(6-2-8-35(29,30)27-13-4-5-13)22(26-19)34-18-10-17-16(32-12-33-17)9-14(18)15-3-1-7-31-15/h1,3,7,9-11,13,27H,2,4-6,8,12H2,(H2,23,24,25). The van der Waals surface area contributed by atoms with Gasteiger partial charge in [0.05, 0.1) is 12.0 Å². The summed E-state index contributed by atoms with van der Waals surface area (Å²) < 4.78 is 46.1. The molecule has 0 atom stereocenters. The SMILES string of the molecule is Nc1ncnc2c1nc(Sc1cc3c(cc1-c1ccco1)OCO3)n2CCCS(=O)(=O)NC1CC1. The van der Waals surface area contributed by atoms with Crippen LogP contribution in [0, 0.1) is 0 Å². The van der Waals surface area contributed by atoms with Gasteiger partial charge in [0, 0.05) is 23.0 Å². The zero-order valence-corrected chi connectivity index (χ0v) is 20.1. The lowest BCUT2D eigenvalue weighted by Gasteiger charge is -2.11. The third-order valence-electron chi connectivity index (χ3n) is 5.71. The molecule has 1 aliphatic carbocycles. The highest BCUT2D eigenvalue weighted by molar-refractivity contribution is 7.99. The molecule has 11 nitrogen and oxygen atoms in total. The van der Waals surface area contributed by atoms with Gasteiger partial charge in [-0.3, -0.25) is 0 Å². The number of fused-ring (bicyclic) bond motifs is 2. The molecule has 0 radical (unpaired) electrons. The normalized spacial score (nSPS) is 15.2. The number of imidazole rings is 1.